The minimum absolute atomic E-state index is 0.00388. The Morgan fingerprint density at radius 1 is 0.449 bits per heavy atom. The van der Waals surface area contributed by atoms with E-state index in [-0.39, 0.29) is 19.3 Å². The van der Waals surface area contributed by atoms with Gasteiger partial charge in [-0.2, -0.15) is 0 Å². The first-order valence-electron chi connectivity index (χ1n) is 21.4. The van der Waals surface area contributed by atoms with Crippen LogP contribution in [0.4, 0.5) is 0 Å². The van der Waals surface area contributed by atoms with E-state index in [2.05, 4.69) is 13.8 Å². The monoisotopic (exact) mass is 714 g/mol. The summed E-state index contributed by atoms with van der Waals surface area (Å²) in [4.78, 5) is 24.3. The third-order valence-corrected chi connectivity index (χ3v) is 10.8. The van der Waals surface area contributed by atoms with Crippen molar-refractivity contribution in [1.82, 2.24) is 0 Å². The van der Waals surface area contributed by atoms with Crippen LogP contribution in [0.1, 0.15) is 239 Å². The molecule has 0 amide bonds. The van der Waals surface area contributed by atoms with Crippen molar-refractivity contribution in [1.29, 1.82) is 0 Å². The van der Waals surface area contributed by atoms with E-state index in [0.717, 1.165) is 38.5 Å². The van der Waals surface area contributed by atoms with Gasteiger partial charge in [0.1, 0.15) is 0 Å². The van der Waals surface area contributed by atoms with Gasteiger partial charge in [-0.15, -0.1) is 0 Å². The van der Waals surface area contributed by atoms with Gasteiger partial charge in [-0.1, -0.05) is 218 Å². The van der Waals surface area contributed by atoms with Crippen molar-refractivity contribution in [3.63, 3.8) is 0 Å². The van der Waals surface area contributed by atoms with E-state index in [1.54, 1.807) is 0 Å². The van der Waals surface area contributed by atoms with Gasteiger partial charge >= 0.3 is 11.9 Å². The van der Waals surface area contributed by atoms with E-state index < -0.39 is 28.3 Å². The third kappa shape index (κ3) is 38.1. The Bertz CT molecular complexity index is 730. The lowest BCUT2D eigenvalue weighted by Gasteiger charge is -2.18. The molecule has 0 aromatic heterocycles. The number of unbranched alkanes of at least 4 members (excludes halogenated alkanes) is 30. The molecule has 2 unspecified atom stereocenters. The molecule has 0 aliphatic rings. The molecule has 0 aromatic rings. The molecule has 0 spiro atoms. The van der Waals surface area contributed by atoms with Gasteiger partial charge in [-0.3, -0.25) is 13.8 Å². The van der Waals surface area contributed by atoms with Crippen LogP contribution in [0.25, 0.3) is 0 Å². The van der Waals surface area contributed by atoms with Crippen molar-refractivity contribution < 1.29 is 27.8 Å². The first kappa shape index (κ1) is 48.0. The van der Waals surface area contributed by atoms with Crippen LogP contribution in [-0.4, -0.2) is 39.2 Å². The molecule has 49 heavy (non-hydrogen) atoms. The molecule has 7 heteroatoms. The van der Waals surface area contributed by atoms with Crippen LogP contribution in [0, 0.1) is 0 Å². The van der Waals surface area contributed by atoms with Gasteiger partial charge in [0.2, 0.25) is 0 Å². The van der Waals surface area contributed by atoms with Crippen molar-refractivity contribution in [3.05, 3.63) is 0 Å². The molecule has 0 bridgehead atoms. The van der Waals surface area contributed by atoms with Crippen molar-refractivity contribution in [3.8, 4) is 0 Å². The van der Waals surface area contributed by atoms with Crippen LogP contribution in [0.15, 0.2) is 0 Å². The SMILES string of the molecule is CCCCCCCCCCCCCCCCCCOC(=O)CCC(CC(=O)OCCCCCCCCCCCCCCCCCC)S(=O)[O-]. The fourth-order valence-corrected chi connectivity index (χ4v) is 7.12. The van der Waals surface area contributed by atoms with E-state index in [9.17, 15) is 18.4 Å². The molecule has 0 N–H and O–H groups in total. The molecule has 0 radical (unpaired) electrons. The topological polar surface area (TPSA) is 92.7 Å². The Hall–Kier alpha value is -0.950. The normalized spacial score (nSPS) is 12.6. The largest absolute Gasteiger partial charge is 0.772 e. The molecule has 0 saturated heterocycles. The molecule has 6 nitrogen and oxygen atoms in total. The predicted octanol–water partition coefficient (Wildman–Crippen LogP) is 13.0. The number of esters is 2. The molecular weight excluding hydrogens is 633 g/mol. The van der Waals surface area contributed by atoms with Crippen LogP contribution >= 0.6 is 0 Å². The Balaban J connectivity index is 3.58. The predicted molar refractivity (Wildman–Crippen MR) is 208 cm³/mol. The van der Waals surface area contributed by atoms with E-state index in [0.29, 0.717) is 13.2 Å². The molecule has 0 aromatic carbocycles. The highest BCUT2D eigenvalue weighted by Gasteiger charge is 2.18. The Morgan fingerprint density at radius 2 is 0.714 bits per heavy atom. The van der Waals surface area contributed by atoms with Gasteiger partial charge in [0.15, 0.2) is 0 Å². The van der Waals surface area contributed by atoms with Crippen LogP contribution in [0.5, 0.6) is 0 Å². The maximum atomic E-state index is 12.2. The van der Waals surface area contributed by atoms with Gasteiger partial charge in [-0.25, -0.2) is 0 Å². The molecule has 0 rings (SSSR count). The van der Waals surface area contributed by atoms with Crippen molar-refractivity contribution in [2.75, 3.05) is 13.2 Å². The highest BCUT2D eigenvalue weighted by molar-refractivity contribution is 7.79. The number of hydrogen-bond acceptors (Lipinski definition) is 6. The third-order valence-electron chi connectivity index (χ3n) is 9.86. The lowest BCUT2D eigenvalue weighted by Crippen LogP contribution is -2.22. The molecule has 0 heterocycles. The minimum Gasteiger partial charge on any atom is -0.772 e. The second-order valence-electron chi connectivity index (χ2n) is 14.7. The minimum atomic E-state index is -2.44. The number of carbonyl (C=O) groups excluding carboxylic acids is 2. The van der Waals surface area contributed by atoms with Gasteiger partial charge < -0.3 is 14.0 Å². The van der Waals surface area contributed by atoms with Crippen LogP contribution in [0.3, 0.4) is 0 Å². The highest BCUT2D eigenvalue weighted by atomic mass is 32.2. The van der Waals surface area contributed by atoms with Crippen LogP contribution in [-0.2, 0) is 30.1 Å². The molecular formula is C42H81O6S-. The van der Waals surface area contributed by atoms with E-state index in [1.165, 1.54) is 167 Å². The summed E-state index contributed by atoms with van der Waals surface area (Å²) in [6.45, 7) is 5.25. The van der Waals surface area contributed by atoms with Crippen LogP contribution < -0.4 is 0 Å². The first-order valence-corrected chi connectivity index (χ1v) is 22.5. The van der Waals surface area contributed by atoms with Gasteiger partial charge in [-0.05, 0) is 19.3 Å². The summed E-state index contributed by atoms with van der Waals surface area (Å²) in [6, 6.07) is 0. The second kappa shape index (κ2) is 39.8. The quantitative estimate of drug-likeness (QED) is 0.0356. The maximum absolute atomic E-state index is 12.2. The fraction of sp³-hybridized carbons (Fsp3) is 0.952. The van der Waals surface area contributed by atoms with Crippen molar-refractivity contribution >= 4 is 23.0 Å². The number of carbonyl (C=O) groups is 2. The van der Waals surface area contributed by atoms with E-state index in [1.807, 2.05) is 0 Å². The van der Waals surface area contributed by atoms with Crippen LogP contribution in [0.2, 0.25) is 0 Å². The molecule has 2 atom stereocenters. The summed E-state index contributed by atoms with van der Waals surface area (Å²) in [6.07, 6.45) is 41.2. The van der Waals surface area contributed by atoms with Gasteiger partial charge in [0.25, 0.3) is 0 Å². The Morgan fingerprint density at radius 3 is 1.00 bits per heavy atom. The summed E-state index contributed by atoms with van der Waals surface area (Å²) in [5.41, 5.74) is 0. The standard InChI is InChI=1S/C42H82O6S/c1-3-5-7-9-11-13-15-17-19-21-23-25-27-29-31-33-37-47-41(43)36-35-40(49(45)46)39-42(44)48-38-34-32-30-28-26-24-22-20-18-16-14-12-10-8-6-4-2/h40H,3-39H2,1-2H3,(H,45,46)/p-1. The van der Waals surface area contributed by atoms with E-state index in [4.69, 9.17) is 9.47 Å². The number of hydrogen-bond donors (Lipinski definition) is 0. The zero-order chi connectivity index (χ0) is 35.9. The molecule has 0 fully saturated rings. The smallest absolute Gasteiger partial charge is 0.306 e. The summed E-state index contributed by atoms with van der Waals surface area (Å²) < 4.78 is 33.9. The highest BCUT2D eigenvalue weighted by Crippen LogP contribution is 2.16. The molecule has 0 aliphatic heterocycles. The fourth-order valence-electron chi connectivity index (χ4n) is 6.53. The second-order valence-corrected chi connectivity index (χ2v) is 15.9. The molecule has 0 saturated carbocycles. The Kier molecular flexibility index (Phi) is 39.1. The summed E-state index contributed by atoms with van der Waals surface area (Å²) in [5.74, 6) is -0.894. The summed E-state index contributed by atoms with van der Waals surface area (Å²) in [7, 11) is 0. The summed E-state index contributed by atoms with van der Waals surface area (Å²) >= 11 is -2.44. The molecule has 292 valence electrons. The summed E-state index contributed by atoms with van der Waals surface area (Å²) in [5, 5.41) is -0.915. The van der Waals surface area contributed by atoms with Crippen molar-refractivity contribution in [2.24, 2.45) is 0 Å². The van der Waals surface area contributed by atoms with E-state index >= 15 is 0 Å². The van der Waals surface area contributed by atoms with Gasteiger partial charge in [0, 0.05) is 11.7 Å². The lowest BCUT2D eigenvalue weighted by molar-refractivity contribution is -0.146. The maximum Gasteiger partial charge on any atom is 0.306 e. The zero-order valence-corrected chi connectivity index (χ0v) is 33.4. The first-order chi connectivity index (χ1) is 24.0. The van der Waals surface area contributed by atoms with Crippen molar-refractivity contribution in [2.45, 2.75) is 244 Å². The van der Waals surface area contributed by atoms with Gasteiger partial charge in [0.05, 0.1) is 19.6 Å². The average Bonchev–Trinajstić information content (AvgIpc) is 3.09. The Labute approximate surface area is 307 Å². The number of rotatable bonds is 40. The number of ether oxygens (including phenoxy) is 2. The average molecular weight is 714 g/mol. The lowest BCUT2D eigenvalue weighted by atomic mass is 10.0. The zero-order valence-electron chi connectivity index (χ0n) is 32.6. The molecule has 0 aliphatic carbocycles.